The summed E-state index contributed by atoms with van der Waals surface area (Å²) in [5, 5.41) is 18.6. The molecule has 0 heterocycles. The van der Waals surface area contributed by atoms with Gasteiger partial charge in [0, 0.05) is 30.1 Å². The second-order valence-corrected chi connectivity index (χ2v) is 8.37. The number of aliphatic imine (C=N–C) groups is 1. The van der Waals surface area contributed by atoms with Crippen molar-refractivity contribution in [1.29, 1.82) is 5.26 Å². The van der Waals surface area contributed by atoms with Gasteiger partial charge in [0.2, 0.25) is 12.2 Å². The Morgan fingerprint density at radius 1 is 1.06 bits per heavy atom. The van der Waals surface area contributed by atoms with Crippen molar-refractivity contribution in [3.8, 4) is 17.7 Å². The summed E-state index contributed by atoms with van der Waals surface area (Å²) >= 11 is 0. The van der Waals surface area contributed by atoms with Crippen LogP contribution >= 0.6 is 0 Å². The molecule has 0 saturated heterocycles. The van der Waals surface area contributed by atoms with Crippen molar-refractivity contribution >= 4 is 11.9 Å². The van der Waals surface area contributed by atoms with Gasteiger partial charge in [0.15, 0.2) is 0 Å². The number of benzene rings is 2. The average Bonchev–Trinajstić information content (AvgIpc) is 2.88. The van der Waals surface area contributed by atoms with E-state index in [0.29, 0.717) is 30.4 Å². The predicted octanol–water partition coefficient (Wildman–Crippen LogP) is 3.35. The summed E-state index contributed by atoms with van der Waals surface area (Å²) in [6, 6.07) is 15.4. The summed E-state index contributed by atoms with van der Waals surface area (Å²) in [4.78, 5) is 16.9. The topological polar surface area (TPSA) is 108 Å². The van der Waals surface area contributed by atoms with Crippen LogP contribution in [0.1, 0.15) is 48.5 Å². The summed E-state index contributed by atoms with van der Waals surface area (Å²) in [5.74, 6) is 1.71. The van der Waals surface area contributed by atoms with Gasteiger partial charge in [-0.1, -0.05) is 30.3 Å². The molecule has 180 valence electrons. The van der Waals surface area contributed by atoms with E-state index in [-0.39, 0.29) is 17.4 Å². The highest BCUT2D eigenvalue weighted by atomic mass is 16.5. The fourth-order valence-electron chi connectivity index (χ4n) is 4.65. The Balaban J connectivity index is 1.81. The van der Waals surface area contributed by atoms with Gasteiger partial charge in [-0.3, -0.25) is 4.79 Å². The van der Waals surface area contributed by atoms with Gasteiger partial charge in [0.25, 0.3) is 5.91 Å². The van der Waals surface area contributed by atoms with Gasteiger partial charge in [0.05, 0.1) is 19.8 Å². The number of nitriles is 1. The maximum Gasteiger partial charge on any atom is 0.255 e. The summed E-state index contributed by atoms with van der Waals surface area (Å²) in [6.07, 6.45) is 5.24. The summed E-state index contributed by atoms with van der Waals surface area (Å²) in [7, 11) is 3.24. The number of carbonyl (C=O) groups excluding carboxylic acids is 1. The zero-order chi connectivity index (χ0) is 24.4. The molecule has 0 radical (unpaired) electrons. The minimum absolute atomic E-state index is 0.164. The van der Waals surface area contributed by atoms with Crippen LogP contribution in [0.4, 0.5) is 0 Å². The molecule has 8 heteroatoms. The molecule has 1 amide bonds. The number of hydrogen-bond acceptors (Lipinski definition) is 5. The van der Waals surface area contributed by atoms with Crippen LogP contribution in [0.5, 0.6) is 11.5 Å². The Morgan fingerprint density at radius 3 is 2.35 bits per heavy atom. The molecule has 0 unspecified atom stereocenters. The zero-order valence-electron chi connectivity index (χ0n) is 20.1. The lowest BCUT2D eigenvalue weighted by atomic mass is 9.67. The molecule has 8 nitrogen and oxygen atoms in total. The molecule has 3 rings (SSSR count). The molecule has 0 atom stereocenters. The van der Waals surface area contributed by atoms with Crippen LogP contribution in [0.2, 0.25) is 0 Å². The largest absolute Gasteiger partial charge is 0.496 e. The number of nitrogens with one attached hydrogen (secondary N) is 3. The fourth-order valence-corrected chi connectivity index (χ4v) is 4.65. The summed E-state index contributed by atoms with van der Waals surface area (Å²) < 4.78 is 11.1. The quantitative estimate of drug-likeness (QED) is 0.315. The number of methoxy groups -OCH3 is 2. The van der Waals surface area contributed by atoms with E-state index in [4.69, 9.17) is 14.7 Å². The molecule has 2 aromatic rings. The molecular formula is C26H33N5O3. The van der Waals surface area contributed by atoms with Crippen LogP contribution in [0.25, 0.3) is 0 Å². The molecule has 0 aromatic heterocycles. The molecule has 34 heavy (non-hydrogen) atoms. The third-order valence-electron chi connectivity index (χ3n) is 6.41. The van der Waals surface area contributed by atoms with Crippen molar-refractivity contribution in [1.82, 2.24) is 16.0 Å². The molecule has 1 aliphatic carbocycles. The van der Waals surface area contributed by atoms with Crippen molar-refractivity contribution in [2.45, 2.75) is 44.1 Å². The first-order chi connectivity index (χ1) is 16.6. The van der Waals surface area contributed by atoms with Crippen molar-refractivity contribution in [3.05, 3.63) is 59.7 Å². The number of rotatable bonds is 8. The molecule has 3 N–H and O–H groups in total. The van der Waals surface area contributed by atoms with Crippen LogP contribution in [-0.4, -0.2) is 45.2 Å². The van der Waals surface area contributed by atoms with Crippen molar-refractivity contribution in [2.75, 3.05) is 27.3 Å². The molecule has 1 aliphatic rings. The molecule has 1 fully saturated rings. The van der Waals surface area contributed by atoms with E-state index in [1.165, 1.54) is 0 Å². The number of nitrogens with zero attached hydrogens (tertiary/aromatic N) is 2. The van der Waals surface area contributed by atoms with Crippen molar-refractivity contribution in [2.24, 2.45) is 4.99 Å². The van der Waals surface area contributed by atoms with Gasteiger partial charge < -0.3 is 25.4 Å². The predicted molar refractivity (Wildman–Crippen MR) is 132 cm³/mol. The van der Waals surface area contributed by atoms with E-state index in [0.717, 1.165) is 37.0 Å². The van der Waals surface area contributed by atoms with Crippen molar-refractivity contribution in [3.63, 3.8) is 0 Å². The van der Waals surface area contributed by atoms with Crippen LogP contribution in [-0.2, 0) is 5.41 Å². The standard InChI is InChI=1S/C26H33N5O3/c1-4-28-25(30-18-27)31-19-13-15-26(16-14-19,21-10-6-8-12-23(21)34-3)17-29-24(32)20-9-5-7-11-22(20)33-2/h5-12,19H,4,13-17H2,1-3H3,(H,29,32)(H2,28,30,31)/t19-,26+. The third kappa shape index (κ3) is 5.79. The number of hydrogen-bond donors (Lipinski definition) is 3. The minimum atomic E-state index is -0.285. The lowest BCUT2D eigenvalue weighted by molar-refractivity contribution is 0.0931. The van der Waals surface area contributed by atoms with Crippen LogP contribution in [0.15, 0.2) is 53.5 Å². The van der Waals surface area contributed by atoms with Gasteiger partial charge >= 0.3 is 0 Å². The molecule has 0 aliphatic heterocycles. The van der Waals surface area contributed by atoms with E-state index in [1.807, 2.05) is 43.4 Å². The number of guanidine groups is 1. The normalized spacial score (nSPS) is 20.1. The molecule has 0 bridgehead atoms. The smallest absolute Gasteiger partial charge is 0.255 e. The second kappa shape index (κ2) is 11.9. The Labute approximate surface area is 201 Å². The molecular weight excluding hydrogens is 430 g/mol. The fraction of sp³-hybridized carbons (Fsp3) is 0.423. The number of amides is 1. The summed E-state index contributed by atoms with van der Waals surface area (Å²) in [5.41, 5.74) is 1.32. The van der Waals surface area contributed by atoms with E-state index >= 15 is 0 Å². The monoisotopic (exact) mass is 463 g/mol. The van der Waals surface area contributed by atoms with E-state index in [9.17, 15) is 4.79 Å². The highest BCUT2D eigenvalue weighted by molar-refractivity contribution is 5.97. The number of para-hydroxylation sites is 2. The summed E-state index contributed by atoms with van der Waals surface area (Å²) in [6.45, 7) is 3.12. The Bertz CT molecular complexity index is 1040. The van der Waals surface area contributed by atoms with Crippen LogP contribution < -0.4 is 25.4 Å². The molecule has 1 saturated carbocycles. The first-order valence-corrected chi connectivity index (χ1v) is 11.6. The Hall–Kier alpha value is -3.73. The maximum absolute atomic E-state index is 13.1. The lowest BCUT2D eigenvalue weighted by Gasteiger charge is -2.42. The first kappa shape index (κ1) is 24.9. The zero-order valence-corrected chi connectivity index (χ0v) is 20.1. The van der Waals surface area contributed by atoms with E-state index in [2.05, 4.69) is 27.0 Å². The Morgan fingerprint density at radius 2 is 1.71 bits per heavy atom. The van der Waals surface area contributed by atoms with Gasteiger partial charge in [-0.05, 0) is 50.8 Å². The van der Waals surface area contributed by atoms with E-state index < -0.39 is 0 Å². The van der Waals surface area contributed by atoms with Gasteiger partial charge in [-0.15, -0.1) is 4.99 Å². The highest BCUT2D eigenvalue weighted by Crippen LogP contribution is 2.43. The first-order valence-electron chi connectivity index (χ1n) is 11.6. The van der Waals surface area contributed by atoms with Gasteiger partial charge in [-0.2, -0.15) is 5.26 Å². The van der Waals surface area contributed by atoms with Crippen LogP contribution in [0, 0.1) is 11.5 Å². The van der Waals surface area contributed by atoms with E-state index in [1.54, 1.807) is 26.4 Å². The lowest BCUT2D eigenvalue weighted by Crippen LogP contribution is -2.49. The van der Waals surface area contributed by atoms with Crippen LogP contribution in [0.3, 0.4) is 0 Å². The van der Waals surface area contributed by atoms with Gasteiger partial charge in [-0.25, -0.2) is 0 Å². The molecule has 0 spiro atoms. The minimum Gasteiger partial charge on any atom is -0.496 e. The average molecular weight is 464 g/mol. The number of ether oxygens (including phenoxy) is 2. The third-order valence-corrected chi connectivity index (χ3v) is 6.41. The van der Waals surface area contributed by atoms with Gasteiger partial charge in [0.1, 0.15) is 11.5 Å². The molecule has 2 aromatic carbocycles. The Kier molecular flexibility index (Phi) is 8.74. The number of carbonyl (C=O) groups is 1. The SMILES string of the molecule is CCN/C(=N\C#N)N[C@H]1CC[C@@](CNC(=O)c2ccccc2OC)(c2ccccc2OC)CC1. The van der Waals surface area contributed by atoms with Crippen molar-refractivity contribution < 1.29 is 14.3 Å². The second-order valence-electron chi connectivity index (χ2n) is 8.37. The highest BCUT2D eigenvalue weighted by Gasteiger charge is 2.39. The maximum atomic E-state index is 13.1.